The summed E-state index contributed by atoms with van der Waals surface area (Å²) in [6.45, 7) is 15.0. The number of nitrogens with two attached hydrogens (primary N) is 1. The number of rotatable bonds is 23. The highest BCUT2D eigenvalue weighted by Gasteiger charge is 2.30. The fraction of sp³-hybridized carbons (Fsp3) is 0.471. The standard InChI is InChI=1S/C51H65N5O13/c1-9-11-12-13-24-65-48(63)56-44(52)34-18-16-31(17-19-34)25-41(58)38-26-33(10-2)35(29-57)27-37(38)36-20-21-39(45(60)53-28-32-14-15-32)54-43(36)47(62)67-30-66-46(61)40(55-49(64)69-51(6,7)8)22-23-42(59)68-50(3,4)5/h10,16-21,26-27,32,40,57H,2,9,11-15,22-25,28-30H2,1,3-8H3,(H,53,60)(H,55,64)(H2,52,56,63)/t40-/m0/s1. The number of benzene rings is 2. The van der Waals surface area contributed by atoms with Gasteiger partial charge in [0.2, 0.25) is 6.79 Å². The number of aliphatic imine (C=N–C) groups is 1. The molecule has 4 rings (SSSR count). The normalized spacial score (nSPS) is 13.1. The van der Waals surface area contributed by atoms with Crippen molar-refractivity contribution in [2.24, 2.45) is 16.6 Å². The van der Waals surface area contributed by atoms with Crippen molar-refractivity contribution in [1.82, 2.24) is 15.6 Å². The van der Waals surface area contributed by atoms with Gasteiger partial charge in [0.05, 0.1) is 13.2 Å². The highest BCUT2D eigenvalue weighted by molar-refractivity contribution is 6.07. The highest BCUT2D eigenvalue weighted by Crippen LogP contribution is 2.33. The van der Waals surface area contributed by atoms with E-state index in [9.17, 15) is 38.7 Å². The van der Waals surface area contributed by atoms with Crippen LogP contribution in [0.3, 0.4) is 0 Å². The first-order valence-electron chi connectivity index (χ1n) is 23.0. The molecule has 0 aliphatic heterocycles. The summed E-state index contributed by atoms with van der Waals surface area (Å²) in [5.74, 6) is -3.60. The SMILES string of the molecule is C=Cc1cc(C(=O)Cc2ccc(C(N)=NC(=O)OCCCCCC)cc2)c(-c2ccc(C(=O)NCC3CC3)nc2C(=O)OCOC(=O)[C@H](CCC(=O)OC(C)(C)C)NC(=O)OC(C)(C)C)cc1CO. The van der Waals surface area contributed by atoms with Crippen LogP contribution in [-0.4, -0.2) is 94.9 Å². The zero-order chi connectivity index (χ0) is 50.9. The third-order valence-corrected chi connectivity index (χ3v) is 10.3. The molecule has 0 unspecified atom stereocenters. The Hall–Kier alpha value is -6.95. The largest absolute Gasteiger partial charge is 0.460 e. The lowest BCUT2D eigenvalue weighted by atomic mass is 9.89. The summed E-state index contributed by atoms with van der Waals surface area (Å²) in [6.07, 6.45) is 4.65. The van der Waals surface area contributed by atoms with Gasteiger partial charge in [-0.15, -0.1) is 0 Å². The first-order valence-corrected chi connectivity index (χ1v) is 23.0. The third kappa shape index (κ3) is 18.2. The summed E-state index contributed by atoms with van der Waals surface area (Å²) in [5.41, 5.74) is 5.84. The number of nitrogens with one attached hydrogen (secondary N) is 2. The number of ether oxygens (including phenoxy) is 5. The smallest absolute Gasteiger partial charge is 0.435 e. The van der Waals surface area contributed by atoms with Gasteiger partial charge < -0.3 is 45.2 Å². The lowest BCUT2D eigenvalue weighted by Gasteiger charge is -2.23. The number of hydrogen-bond donors (Lipinski definition) is 4. The van der Waals surface area contributed by atoms with E-state index in [1.165, 1.54) is 30.3 Å². The molecular weight excluding hydrogens is 891 g/mol. The predicted molar refractivity (Wildman–Crippen MR) is 256 cm³/mol. The molecule has 1 saturated carbocycles. The number of pyridine rings is 1. The average molecular weight is 956 g/mol. The van der Waals surface area contributed by atoms with Gasteiger partial charge in [-0.1, -0.05) is 63.1 Å². The summed E-state index contributed by atoms with van der Waals surface area (Å²) in [7, 11) is 0. The van der Waals surface area contributed by atoms with Gasteiger partial charge in [-0.05, 0) is 120 Å². The van der Waals surface area contributed by atoms with Gasteiger partial charge in [-0.3, -0.25) is 14.4 Å². The number of unbranched alkanes of at least 4 members (excludes halogenated alkanes) is 3. The Balaban J connectivity index is 1.63. The molecule has 1 aliphatic carbocycles. The van der Waals surface area contributed by atoms with Gasteiger partial charge in [-0.2, -0.15) is 4.99 Å². The van der Waals surface area contributed by atoms with Crippen molar-refractivity contribution in [2.45, 2.75) is 130 Å². The second-order valence-electron chi connectivity index (χ2n) is 18.5. The second kappa shape index (κ2) is 25.4. The van der Waals surface area contributed by atoms with Crippen molar-refractivity contribution in [1.29, 1.82) is 0 Å². The Morgan fingerprint density at radius 3 is 2.22 bits per heavy atom. The summed E-state index contributed by atoms with van der Waals surface area (Å²) in [6, 6.07) is 10.9. The van der Waals surface area contributed by atoms with E-state index in [-0.39, 0.29) is 54.1 Å². The van der Waals surface area contributed by atoms with Crippen LogP contribution in [-0.2, 0) is 46.3 Å². The van der Waals surface area contributed by atoms with E-state index in [0.717, 1.165) is 38.5 Å². The number of carbonyl (C=O) groups excluding carboxylic acids is 7. The summed E-state index contributed by atoms with van der Waals surface area (Å²) in [5, 5.41) is 15.6. The number of amides is 3. The number of ketones is 1. The van der Waals surface area contributed by atoms with Crippen LogP contribution in [0.5, 0.6) is 0 Å². The number of aliphatic hydroxyl groups is 1. The van der Waals surface area contributed by atoms with Gasteiger partial charge in [0, 0.05) is 36.1 Å². The van der Waals surface area contributed by atoms with Crippen molar-refractivity contribution < 1.29 is 62.4 Å². The number of esters is 3. The number of aliphatic hydroxyl groups excluding tert-OH is 1. The molecule has 0 spiro atoms. The fourth-order valence-corrected chi connectivity index (χ4v) is 6.67. The summed E-state index contributed by atoms with van der Waals surface area (Å²) < 4.78 is 26.5. The van der Waals surface area contributed by atoms with Crippen molar-refractivity contribution in [2.75, 3.05) is 19.9 Å². The van der Waals surface area contributed by atoms with Crippen LogP contribution < -0.4 is 16.4 Å². The van der Waals surface area contributed by atoms with E-state index in [1.54, 1.807) is 65.8 Å². The van der Waals surface area contributed by atoms with Crippen LogP contribution >= 0.6 is 0 Å². The number of carbonyl (C=O) groups is 7. The molecule has 69 heavy (non-hydrogen) atoms. The van der Waals surface area contributed by atoms with Crippen molar-refractivity contribution >= 4 is 53.7 Å². The minimum Gasteiger partial charge on any atom is -0.460 e. The minimum absolute atomic E-state index is 0.0390. The molecule has 3 aromatic rings. The molecule has 1 atom stereocenters. The van der Waals surface area contributed by atoms with Crippen molar-refractivity contribution in [3.05, 3.63) is 94.3 Å². The van der Waals surface area contributed by atoms with E-state index in [1.807, 2.05) is 0 Å². The Morgan fingerprint density at radius 2 is 1.59 bits per heavy atom. The highest BCUT2D eigenvalue weighted by atomic mass is 16.7. The van der Waals surface area contributed by atoms with Gasteiger partial charge in [0.1, 0.15) is 28.8 Å². The molecule has 1 aromatic heterocycles. The Bertz CT molecular complexity index is 2380. The minimum atomic E-state index is -1.43. The topological polar surface area (TPSA) is 261 Å². The van der Waals surface area contributed by atoms with Crippen LogP contribution in [0, 0.1) is 5.92 Å². The summed E-state index contributed by atoms with van der Waals surface area (Å²) >= 11 is 0. The fourth-order valence-electron chi connectivity index (χ4n) is 6.67. The number of alkyl carbamates (subject to hydrolysis) is 1. The number of hydrogen-bond acceptors (Lipinski definition) is 14. The van der Waals surface area contributed by atoms with Crippen molar-refractivity contribution in [3.8, 4) is 11.1 Å². The molecule has 0 saturated heterocycles. The quantitative estimate of drug-likeness (QED) is 0.0136. The molecule has 1 aliphatic rings. The lowest BCUT2D eigenvalue weighted by Crippen LogP contribution is -2.45. The van der Waals surface area contributed by atoms with E-state index in [0.29, 0.717) is 34.7 Å². The van der Waals surface area contributed by atoms with Crippen LogP contribution in [0.4, 0.5) is 9.59 Å². The second-order valence-corrected chi connectivity index (χ2v) is 18.5. The average Bonchev–Trinajstić information content (AvgIpc) is 4.12. The predicted octanol–water partition coefficient (Wildman–Crippen LogP) is 7.54. The first-order chi connectivity index (χ1) is 32.6. The molecule has 2 aromatic carbocycles. The summed E-state index contributed by atoms with van der Waals surface area (Å²) in [4.78, 5) is 101. The van der Waals surface area contributed by atoms with Crippen LogP contribution in [0.1, 0.15) is 153 Å². The molecule has 3 amide bonds. The molecule has 1 heterocycles. The zero-order valence-electron chi connectivity index (χ0n) is 40.6. The molecule has 372 valence electrons. The molecular formula is C51H65N5O13. The van der Waals surface area contributed by atoms with Crippen LogP contribution in [0.25, 0.3) is 17.2 Å². The maximum Gasteiger partial charge on any atom is 0.435 e. The Morgan fingerprint density at radius 1 is 0.899 bits per heavy atom. The number of Topliss-reactive ketones (excluding diaryl/α,β-unsaturated/α-hetero) is 1. The third-order valence-electron chi connectivity index (χ3n) is 10.3. The number of amidine groups is 1. The molecule has 18 heteroatoms. The molecule has 5 N–H and O–H groups in total. The van der Waals surface area contributed by atoms with E-state index in [2.05, 4.69) is 34.1 Å². The Labute approximate surface area is 402 Å². The Kier molecular flexibility index (Phi) is 20.1. The number of aromatic nitrogens is 1. The lowest BCUT2D eigenvalue weighted by molar-refractivity contribution is -0.157. The zero-order valence-corrected chi connectivity index (χ0v) is 40.6. The van der Waals surface area contributed by atoms with E-state index < -0.39 is 78.1 Å². The monoisotopic (exact) mass is 955 g/mol. The van der Waals surface area contributed by atoms with Gasteiger partial charge >= 0.3 is 30.1 Å². The van der Waals surface area contributed by atoms with E-state index >= 15 is 0 Å². The molecule has 0 bridgehead atoms. The van der Waals surface area contributed by atoms with Gasteiger partial charge in [0.15, 0.2) is 11.5 Å². The molecule has 0 radical (unpaired) electrons. The van der Waals surface area contributed by atoms with E-state index in [4.69, 9.17) is 29.4 Å². The van der Waals surface area contributed by atoms with Gasteiger partial charge in [-0.25, -0.2) is 24.2 Å². The van der Waals surface area contributed by atoms with Crippen LogP contribution in [0.15, 0.2) is 60.1 Å². The van der Waals surface area contributed by atoms with Crippen molar-refractivity contribution in [3.63, 3.8) is 0 Å². The van der Waals surface area contributed by atoms with Crippen LogP contribution in [0.2, 0.25) is 0 Å². The van der Waals surface area contributed by atoms with Gasteiger partial charge in [0.25, 0.3) is 5.91 Å². The maximum absolute atomic E-state index is 14.3. The first kappa shape index (κ1) is 54.7. The maximum atomic E-state index is 14.3. The molecule has 18 nitrogen and oxygen atoms in total. The number of nitrogens with zero attached hydrogens (tertiary/aromatic N) is 2. The molecule has 1 fully saturated rings.